The van der Waals surface area contributed by atoms with E-state index < -0.39 is 13.8 Å². The minimum atomic E-state index is -1.47. The van der Waals surface area contributed by atoms with E-state index in [1.54, 1.807) is 0 Å². The number of aromatic nitrogens is 1. The zero-order valence-corrected chi connectivity index (χ0v) is 19.4. The number of hydrogen-bond donors (Lipinski definition) is 0. The van der Waals surface area contributed by atoms with Crippen molar-refractivity contribution < 1.29 is 9.30 Å². The molecule has 0 N–H and O–H groups in total. The molecule has 0 amide bonds. The predicted molar refractivity (Wildman–Crippen MR) is 126 cm³/mol. The highest BCUT2D eigenvalue weighted by Crippen LogP contribution is 2.44. The Labute approximate surface area is 180 Å². The Hall–Kier alpha value is -2.91. The SMILES string of the molecule is CC1=CC2(OC(C)=C1)c1ccc(-c3ccccc3)cc1-c1ccc([Si](C)(C)C)c[n+]12. The van der Waals surface area contributed by atoms with E-state index in [0.717, 1.165) is 5.76 Å². The van der Waals surface area contributed by atoms with Crippen LogP contribution in [0.5, 0.6) is 0 Å². The zero-order chi connectivity index (χ0) is 21.1. The van der Waals surface area contributed by atoms with Crippen molar-refractivity contribution in [3.8, 4) is 22.4 Å². The average molecular weight is 411 g/mol. The van der Waals surface area contributed by atoms with Crippen LogP contribution < -0.4 is 9.75 Å². The molecular weight excluding hydrogens is 382 g/mol. The second kappa shape index (κ2) is 6.54. The highest BCUT2D eigenvalue weighted by atomic mass is 28.3. The molecule has 2 aromatic carbocycles. The van der Waals surface area contributed by atoms with Crippen LogP contribution in [-0.2, 0) is 10.5 Å². The van der Waals surface area contributed by atoms with Gasteiger partial charge in [0.2, 0.25) is 5.69 Å². The van der Waals surface area contributed by atoms with Crippen LogP contribution >= 0.6 is 0 Å². The van der Waals surface area contributed by atoms with Crippen molar-refractivity contribution in [1.29, 1.82) is 0 Å². The highest BCUT2D eigenvalue weighted by Gasteiger charge is 2.53. The van der Waals surface area contributed by atoms with Crippen LogP contribution in [0.15, 0.2) is 90.3 Å². The Morgan fingerprint density at radius 2 is 1.63 bits per heavy atom. The van der Waals surface area contributed by atoms with Gasteiger partial charge in [-0.05, 0) is 48.8 Å². The fraction of sp³-hybridized carbons (Fsp3) is 0.222. The molecule has 1 aromatic heterocycles. The summed E-state index contributed by atoms with van der Waals surface area (Å²) in [6.07, 6.45) is 6.72. The Morgan fingerprint density at radius 1 is 0.867 bits per heavy atom. The molecule has 2 aliphatic heterocycles. The van der Waals surface area contributed by atoms with Gasteiger partial charge >= 0.3 is 5.72 Å². The molecule has 150 valence electrons. The number of ether oxygens (including phenoxy) is 1. The molecule has 0 saturated heterocycles. The Balaban J connectivity index is 1.78. The van der Waals surface area contributed by atoms with Crippen molar-refractivity contribution in [1.82, 2.24) is 0 Å². The maximum Gasteiger partial charge on any atom is 0.360 e. The Kier molecular flexibility index (Phi) is 4.16. The predicted octanol–water partition coefficient (Wildman–Crippen LogP) is 5.75. The van der Waals surface area contributed by atoms with E-state index in [0.29, 0.717) is 0 Å². The summed E-state index contributed by atoms with van der Waals surface area (Å²) < 4.78 is 9.00. The molecule has 3 heterocycles. The monoisotopic (exact) mass is 410 g/mol. The third-order valence-corrected chi connectivity index (χ3v) is 8.16. The van der Waals surface area contributed by atoms with Gasteiger partial charge < -0.3 is 4.74 Å². The van der Waals surface area contributed by atoms with Gasteiger partial charge in [0.05, 0.1) is 19.2 Å². The van der Waals surface area contributed by atoms with E-state index in [1.807, 2.05) is 0 Å². The summed E-state index contributed by atoms with van der Waals surface area (Å²) in [7, 11) is -1.47. The molecule has 5 rings (SSSR count). The fourth-order valence-electron chi connectivity index (χ4n) is 4.67. The van der Waals surface area contributed by atoms with Gasteiger partial charge in [0.25, 0.3) is 0 Å². The van der Waals surface area contributed by atoms with Crippen LogP contribution in [-0.4, -0.2) is 8.07 Å². The van der Waals surface area contributed by atoms with E-state index in [-0.39, 0.29) is 0 Å². The first-order valence-electron chi connectivity index (χ1n) is 10.6. The number of allylic oxidation sites excluding steroid dienone is 3. The number of nitrogens with zero attached hydrogens (tertiary/aromatic N) is 1. The summed E-state index contributed by atoms with van der Waals surface area (Å²) in [6, 6.07) is 22.0. The average Bonchev–Trinajstić information content (AvgIpc) is 2.96. The Morgan fingerprint density at radius 3 is 2.33 bits per heavy atom. The molecule has 30 heavy (non-hydrogen) atoms. The van der Waals surface area contributed by atoms with Crippen LogP contribution in [0.3, 0.4) is 0 Å². The van der Waals surface area contributed by atoms with Gasteiger partial charge in [-0.1, -0.05) is 62.1 Å². The van der Waals surface area contributed by atoms with Gasteiger partial charge in [-0.25, -0.2) is 0 Å². The second-order valence-electron chi connectivity index (χ2n) is 9.49. The summed E-state index contributed by atoms with van der Waals surface area (Å²) in [5.74, 6) is 0.951. The fourth-order valence-corrected chi connectivity index (χ4v) is 5.77. The van der Waals surface area contributed by atoms with Gasteiger partial charge in [0.1, 0.15) is 5.76 Å². The summed E-state index contributed by atoms with van der Waals surface area (Å²) in [4.78, 5) is 0. The van der Waals surface area contributed by atoms with Crippen molar-refractivity contribution in [2.24, 2.45) is 0 Å². The van der Waals surface area contributed by atoms with Gasteiger partial charge in [-0.15, -0.1) is 4.57 Å². The standard InChI is InChI=1S/C27H28NOSi/c1-19-15-20(2)29-27(17-19)25-13-11-22(21-9-7-6-8-10-21)16-24(25)26-14-12-23(18-28(26)27)30(3,4)5/h6-18H,1-5H3/q+1. The van der Waals surface area contributed by atoms with Crippen LogP contribution in [0.1, 0.15) is 19.4 Å². The maximum absolute atomic E-state index is 6.63. The molecule has 0 bridgehead atoms. The molecule has 0 saturated carbocycles. The third-order valence-electron chi connectivity index (χ3n) is 6.13. The number of pyridine rings is 1. The van der Waals surface area contributed by atoms with Gasteiger partial charge in [0, 0.05) is 17.3 Å². The van der Waals surface area contributed by atoms with Crippen molar-refractivity contribution in [2.45, 2.75) is 39.2 Å². The molecule has 1 unspecified atom stereocenters. The number of hydrogen-bond acceptors (Lipinski definition) is 1. The van der Waals surface area contributed by atoms with Crippen LogP contribution in [0.25, 0.3) is 22.4 Å². The summed E-state index contributed by atoms with van der Waals surface area (Å²) >= 11 is 0. The first-order valence-corrected chi connectivity index (χ1v) is 14.1. The zero-order valence-electron chi connectivity index (χ0n) is 18.4. The Bertz CT molecular complexity index is 1220. The van der Waals surface area contributed by atoms with Crippen LogP contribution in [0.4, 0.5) is 0 Å². The van der Waals surface area contributed by atoms with E-state index >= 15 is 0 Å². The molecule has 0 fully saturated rings. The van der Waals surface area contributed by atoms with Gasteiger partial charge in [-0.3, -0.25) is 0 Å². The number of fused-ring (bicyclic) bond motifs is 5. The maximum atomic E-state index is 6.63. The van der Waals surface area contributed by atoms with E-state index in [2.05, 4.69) is 117 Å². The van der Waals surface area contributed by atoms with Crippen molar-refractivity contribution >= 4 is 13.3 Å². The lowest BCUT2D eigenvalue weighted by Gasteiger charge is -2.28. The first-order chi connectivity index (χ1) is 14.3. The molecule has 0 aliphatic carbocycles. The molecule has 2 aliphatic rings. The lowest BCUT2D eigenvalue weighted by Crippen LogP contribution is -2.58. The van der Waals surface area contributed by atoms with Gasteiger partial charge in [-0.2, -0.15) is 0 Å². The summed E-state index contributed by atoms with van der Waals surface area (Å²) in [5.41, 5.74) is 6.76. The first kappa shape index (κ1) is 19.1. The minimum Gasteiger partial charge on any atom is -0.429 e. The van der Waals surface area contributed by atoms with Crippen LogP contribution in [0.2, 0.25) is 19.6 Å². The van der Waals surface area contributed by atoms with E-state index in [4.69, 9.17) is 4.74 Å². The topological polar surface area (TPSA) is 13.1 Å². The summed E-state index contributed by atoms with van der Waals surface area (Å²) in [5, 5.41) is 1.43. The molecule has 1 spiro atoms. The quantitative estimate of drug-likeness (QED) is 0.387. The van der Waals surface area contributed by atoms with Crippen molar-refractivity contribution in [2.75, 3.05) is 0 Å². The number of benzene rings is 2. The number of rotatable bonds is 2. The molecule has 1 atom stereocenters. The van der Waals surface area contributed by atoms with Crippen molar-refractivity contribution in [3.05, 3.63) is 95.9 Å². The molecule has 0 radical (unpaired) electrons. The lowest BCUT2D eigenvalue weighted by molar-refractivity contribution is -0.766. The van der Waals surface area contributed by atoms with E-state index in [1.165, 1.54) is 38.7 Å². The van der Waals surface area contributed by atoms with Crippen LogP contribution in [0, 0.1) is 0 Å². The molecule has 3 aromatic rings. The summed E-state index contributed by atoms with van der Waals surface area (Å²) in [6.45, 7) is 11.4. The van der Waals surface area contributed by atoms with E-state index in [9.17, 15) is 0 Å². The second-order valence-corrected chi connectivity index (χ2v) is 14.6. The molecule has 3 heteroatoms. The lowest BCUT2D eigenvalue weighted by atomic mass is 9.93. The smallest absolute Gasteiger partial charge is 0.360 e. The van der Waals surface area contributed by atoms with Gasteiger partial charge in [0.15, 0.2) is 6.20 Å². The highest BCUT2D eigenvalue weighted by molar-refractivity contribution is 6.88. The molecular formula is C27H28NOSi+. The minimum absolute atomic E-state index is 0.613. The molecule has 2 nitrogen and oxygen atoms in total. The normalized spacial score (nSPS) is 19.6. The van der Waals surface area contributed by atoms with Crippen molar-refractivity contribution in [3.63, 3.8) is 0 Å². The third kappa shape index (κ3) is 2.88. The largest absolute Gasteiger partial charge is 0.429 e.